The lowest BCUT2D eigenvalue weighted by atomic mass is 10.3. The highest BCUT2D eigenvalue weighted by Crippen LogP contribution is 1.91. The summed E-state index contributed by atoms with van der Waals surface area (Å²) in [4.78, 5) is 11.0. The standard InChI is InChI=1S/C9H18O3/c1-4-11-6-5-9(10)7-12-8(2)3/h8H,4-7H2,1-3H3. The summed E-state index contributed by atoms with van der Waals surface area (Å²) in [6, 6.07) is 0. The third-order valence-corrected chi connectivity index (χ3v) is 1.31. The maximum absolute atomic E-state index is 11.0. The summed E-state index contributed by atoms with van der Waals surface area (Å²) >= 11 is 0. The minimum absolute atomic E-state index is 0.108. The molecule has 0 radical (unpaired) electrons. The lowest BCUT2D eigenvalue weighted by Crippen LogP contribution is -2.14. The van der Waals surface area contributed by atoms with E-state index >= 15 is 0 Å². The van der Waals surface area contributed by atoms with Crippen LogP contribution in [0.15, 0.2) is 0 Å². The lowest BCUT2D eigenvalue weighted by molar-refractivity contribution is -0.126. The van der Waals surface area contributed by atoms with Crippen LogP contribution in [0.25, 0.3) is 0 Å². The monoisotopic (exact) mass is 174 g/mol. The van der Waals surface area contributed by atoms with E-state index in [1.165, 1.54) is 0 Å². The molecule has 12 heavy (non-hydrogen) atoms. The van der Waals surface area contributed by atoms with Crippen LogP contribution >= 0.6 is 0 Å². The fraction of sp³-hybridized carbons (Fsp3) is 0.889. The Morgan fingerprint density at radius 1 is 1.42 bits per heavy atom. The van der Waals surface area contributed by atoms with E-state index in [9.17, 15) is 4.79 Å². The predicted molar refractivity (Wildman–Crippen MR) is 47.2 cm³/mol. The Morgan fingerprint density at radius 2 is 2.08 bits per heavy atom. The zero-order chi connectivity index (χ0) is 9.40. The molecule has 0 bridgehead atoms. The van der Waals surface area contributed by atoms with Crippen LogP contribution in [-0.4, -0.2) is 31.7 Å². The Hall–Kier alpha value is -0.410. The van der Waals surface area contributed by atoms with Crippen LogP contribution in [0.1, 0.15) is 27.2 Å². The van der Waals surface area contributed by atoms with Crippen LogP contribution < -0.4 is 0 Å². The summed E-state index contributed by atoms with van der Waals surface area (Å²) < 4.78 is 10.2. The molecule has 72 valence electrons. The first-order valence-corrected chi connectivity index (χ1v) is 4.37. The summed E-state index contributed by atoms with van der Waals surface area (Å²) in [5, 5.41) is 0. The Balaban J connectivity index is 3.22. The molecule has 0 amide bonds. The molecule has 0 N–H and O–H groups in total. The first-order chi connectivity index (χ1) is 5.66. The molecule has 0 fully saturated rings. The first kappa shape index (κ1) is 11.6. The number of ketones is 1. The van der Waals surface area contributed by atoms with Gasteiger partial charge in [0.1, 0.15) is 6.61 Å². The Labute approximate surface area is 74.0 Å². The molecule has 0 aromatic rings. The molecule has 0 saturated carbocycles. The van der Waals surface area contributed by atoms with Gasteiger partial charge >= 0.3 is 0 Å². The van der Waals surface area contributed by atoms with Gasteiger partial charge in [-0.1, -0.05) is 0 Å². The minimum Gasteiger partial charge on any atom is -0.381 e. The van der Waals surface area contributed by atoms with Crippen LogP contribution in [0.2, 0.25) is 0 Å². The Morgan fingerprint density at radius 3 is 2.58 bits per heavy atom. The SMILES string of the molecule is CCOCCC(=O)COC(C)C. The molecule has 0 aromatic carbocycles. The Bertz CT molecular complexity index is 121. The number of hydrogen-bond donors (Lipinski definition) is 0. The van der Waals surface area contributed by atoms with Gasteiger partial charge in [0.15, 0.2) is 5.78 Å². The van der Waals surface area contributed by atoms with Gasteiger partial charge in [-0.15, -0.1) is 0 Å². The van der Waals surface area contributed by atoms with E-state index in [4.69, 9.17) is 9.47 Å². The van der Waals surface area contributed by atoms with E-state index in [1.54, 1.807) is 0 Å². The average molecular weight is 174 g/mol. The molecule has 0 heterocycles. The van der Waals surface area contributed by atoms with Crippen LogP contribution in [0.3, 0.4) is 0 Å². The van der Waals surface area contributed by atoms with Gasteiger partial charge in [-0.3, -0.25) is 4.79 Å². The molecule has 0 aliphatic carbocycles. The second-order valence-electron chi connectivity index (χ2n) is 2.85. The number of ether oxygens (including phenoxy) is 2. The second-order valence-corrected chi connectivity index (χ2v) is 2.85. The van der Waals surface area contributed by atoms with Crippen molar-refractivity contribution in [3.8, 4) is 0 Å². The normalized spacial score (nSPS) is 10.7. The topological polar surface area (TPSA) is 35.5 Å². The van der Waals surface area contributed by atoms with E-state index < -0.39 is 0 Å². The molecule has 3 heteroatoms. The third-order valence-electron chi connectivity index (χ3n) is 1.31. The van der Waals surface area contributed by atoms with Crippen molar-refractivity contribution in [1.82, 2.24) is 0 Å². The summed E-state index contributed by atoms with van der Waals surface area (Å²) in [7, 11) is 0. The van der Waals surface area contributed by atoms with Crippen molar-refractivity contribution < 1.29 is 14.3 Å². The summed E-state index contributed by atoms with van der Waals surface area (Å²) in [6.07, 6.45) is 0.585. The smallest absolute Gasteiger partial charge is 0.160 e. The van der Waals surface area contributed by atoms with E-state index in [2.05, 4.69) is 0 Å². The maximum atomic E-state index is 11.0. The third kappa shape index (κ3) is 7.69. The van der Waals surface area contributed by atoms with Crippen molar-refractivity contribution in [3.05, 3.63) is 0 Å². The molecule has 0 aliphatic heterocycles. The summed E-state index contributed by atoms with van der Waals surface area (Å²) in [5.41, 5.74) is 0. The minimum atomic E-state index is 0.108. The van der Waals surface area contributed by atoms with Crippen LogP contribution in [-0.2, 0) is 14.3 Å². The summed E-state index contributed by atoms with van der Waals surface area (Å²) in [5.74, 6) is 0.108. The predicted octanol–water partition coefficient (Wildman–Crippen LogP) is 1.41. The second kappa shape index (κ2) is 7.25. The zero-order valence-corrected chi connectivity index (χ0v) is 8.13. The molecular formula is C9H18O3. The van der Waals surface area contributed by atoms with Crippen molar-refractivity contribution in [3.63, 3.8) is 0 Å². The molecule has 0 aromatic heterocycles. The molecular weight excluding hydrogens is 156 g/mol. The van der Waals surface area contributed by atoms with E-state index in [0.717, 1.165) is 0 Å². The zero-order valence-electron chi connectivity index (χ0n) is 8.13. The molecule has 0 spiro atoms. The van der Waals surface area contributed by atoms with Crippen LogP contribution in [0.5, 0.6) is 0 Å². The van der Waals surface area contributed by atoms with E-state index in [-0.39, 0.29) is 18.5 Å². The fourth-order valence-corrected chi connectivity index (χ4v) is 0.662. The van der Waals surface area contributed by atoms with Gasteiger partial charge in [-0.2, -0.15) is 0 Å². The average Bonchev–Trinajstić information content (AvgIpc) is 2.01. The number of hydrogen-bond acceptors (Lipinski definition) is 3. The number of rotatable bonds is 7. The largest absolute Gasteiger partial charge is 0.381 e. The number of carbonyl (C=O) groups excluding carboxylic acids is 1. The summed E-state index contributed by atoms with van der Waals surface area (Å²) in [6.45, 7) is 7.13. The highest BCUT2D eigenvalue weighted by Gasteiger charge is 2.02. The molecule has 0 saturated heterocycles. The van der Waals surface area contributed by atoms with Gasteiger partial charge < -0.3 is 9.47 Å². The Kier molecular flexibility index (Phi) is 7.00. The molecule has 0 atom stereocenters. The van der Waals surface area contributed by atoms with Gasteiger partial charge in [0, 0.05) is 13.0 Å². The van der Waals surface area contributed by atoms with Crippen LogP contribution in [0, 0.1) is 0 Å². The van der Waals surface area contributed by atoms with Crippen LogP contribution in [0.4, 0.5) is 0 Å². The quantitative estimate of drug-likeness (QED) is 0.547. The van der Waals surface area contributed by atoms with Crippen molar-refractivity contribution >= 4 is 5.78 Å². The maximum Gasteiger partial charge on any atom is 0.160 e. The van der Waals surface area contributed by atoms with Crippen molar-refractivity contribution in [2.75, 3.05) is 19.8 Å². The van der Waals surface area contributed by atoms with Crippen molar-refractivity contribution in [1.29, 1.82) is 0 Å². The lowest BCUT2D eigenvalue weighted by Gasteiger charge is -2.06. The number of Topliss-reactive ketones (excluding diaryl/α,β-unsaturated/α-hetero) is 1. The van der Waals surface area contributed by atoms with E-state index in [1.807, 2.05) is 20.8 Å². The van der Waals surface area contributed by atoms with E-state index in [0.29, 0.717) is 19.6 Å². The van der Waals surface area contributed by atoms with Gasteiger partial charge in [-0.25, -0.2) is 0 Å². The molecule has 0 aliphatic rings. The highest BCUT2D eigenvalue weighted by atomic mass is 16.5. The van der Waals surface area contributed by atoms with Gasteiger partial charge in [0.25, 0.3) is 0 Å². The first-order valence-electron chi connectivity index (χ1n) is 4.37. The fourth-order valence-electron chi connectivity index (χ4n) is 0.662. The highest BCUT2D eigenvalue weighted by molar-refractivity contribution is 5.79. The number of carbonyl (C=O) groups is 1. The van der Waals surface area contributed by atoms with Crippen molar-refractivity contribution in [2.45, 2.75) is 33.3 Å². The van der Waals surface area contributed by atoms with Gasteiger partial charge in [0.2, 0.25) is 0 Å². The van der Waals surface area contributed by atoms with Gasteiger partial charge in [0.05, 0.1) is 12.7 Å². The van der Waals surface area contributed by atoms with Gasteiger partial charge in [-0.05, 0) is 20.8 Å². The molecule has 3 nitrogen and oxygen atoms in total. The molecule has 0 unspecified atom stereocenters. The van der Waals surface area contributed by atoms with Crippen molar-refractivity contribution in [2.24, 2.45) is 0 Å². The molecule has 0 rings (SSSR count).